The molecule has 0 radical (unpaired) electrons. The standard InChI is InChI=1S/C21H21Cl2NO3/c1-2-27-21-12(9-11(22)10-13(21)23)18-19-14(5-3-7-16(19)25)24-15-6-4-8-17(26)20(15)18/h9-10,18,24H,2-8H2,1H3. The van der Waals surface area contributed by atoms with Crippen LogP contribution in [-0.2, 0) is 9.59 Å². The molecule has 0 bridgehead atoms. The van der Waals surface area contributed by atoms with Crippen LogP contribution in [0.1, 0.15) is 56.9 Å². The third kappa shape index (κ3) is 3.19. The van der Waals surface area contributed by atoms with E-state index < -0.39 is 5.92 Å². The quantitative estimate of drug-likeness (QED) is 0.760. The van der Waals surface area contributed by atoms with E-state index in [0.717, 1.165) is 37.1 Å². The highest BCUT2D eigenvalue weighted by atomic mass is 35.5. The fourth-order valence-electron chi connectivity index (χ4n) is 4.39. The summed E-state index contributed by atoms with van der Waals surface area (Å²) in [5, 5.41) is 4.27. The molecule has 0 aromatic heterocycles. The van der Waals surface area contributed by atoms with Gasteiger partial charge in [0.15, 0.2) is 11.6 Å². The fourth-order valence-corrected chi connectivity index (χ4v) is 4.95. The molecule has 0 unspecified atom stereocenters. The van der Waals surface area contributed by atoms with Gasteiger partial charge in [-0.3, -0.25) is 9.59 Å². The Hall–Kier alpha value is -1.78. The first-order chi connectivity index (χ1) is 13.0. The Balaban J connectivity index is 1.98. The van der Waals surface area contributed by atoms with E-state index in [9.17, 15) is 9.59 Å². The predicted octanol–water partition coefficient (Wildman–Crippen LogP) is 5.09. The Kier molecular flexibility index (Phi) is 5.04. The number of benzene rings is 1. The third-order valence-corrected chi connectivity index (χ3v) is 5.93. The number of carbonyl (C=O) groups is 2. The molecule has 1 aliphatic heterocycles. The fraction of sp³-hybridized carbons (Fsp3) is 0.429. The molecule has 0 spiro atoms. The van der Waals surface area contributed by atoms with Crippen LogP contribution in [0.3, 0.4) is 0 Å². The largest absolute Gasteiger partial charge is 0.492 e. The summed E-state index contributed by atoms with van der Waals surface area (Å²) >= 11 is 12.7. The molecule has 1 aromatic rings. The molecule has 6 heteroatoms. The molecule has 1 aromatic carbocycles. The van der Waals surface area contributed by atoms with E-state index in [0.29, 0.717) is 52.0 Å². The highest BCUT2D eigenvalue weighted by molar-refractivity contribution is 6.35. The lowest BCUT2D eigenvalue weighted by molar-refractivity contribution is -0.116. The van der Waals surface area contributed by atoms with Crippen molar-refractivity contribution in [1.82, 2.24) is 5.32 Å². The lowest BCUT2D eigenvalue weighted by Gasteiger charge is -2.37. The Morgan fingerprint density at radius 2 is 1.59 bits per heavy atom. The summed E-state index contributed by atoms with van der Waals surface area (Å²) in [5.74, 6) is 0.204. The van der Waals surface area contributed by atoms with Crippen molar-refractivity contribution >= 4 is 34.8 Å². The average Bonchev–Trinajstić information content (AvgIpc) is 2.63. The van der Waals surface area contributed by atoms with E-state index >= 15 is 0 Å². The smallest absolute Gasteiger partial charge is 0.161 e. The highest BCUT2D eigenvalue weighted by Crippen LogP contribution is 2.49. The minimum Gasteiger partial charge on any atom is -0.492 e. The van der Waals surface area contributed by atoms with Crippen LogP contribution in [0.5, 0.6) is 5.75 Å². The molecule has 0 saturated heterocycles. The SMILES string of the molecule is CCOc1c(Cl)cc(Cl)cc1C1C2=C(CCCC2=O)NC2=C1C(=O)CCC2. The zero-order chi connectivity index (χ0) is 19.1. The van der Waals surface area contributed by atoms with Crippen LogP contribution >= 0.6 is 23.2 Å². The van der Waals surface area contributed by atoms with Gasteiger partial charge in [-0.15, -0.1) is 0 Å². The van der Waals surface area contributed by atoms with Gasteiger partial charge in [-0.1, -0.05) is 23.2 Å². The van der Waals surface area contributed by atoms with Gasteiger partial charge in [0.2, 0.25) is 0 Å². The van der Waals surface area contributed by atoms with Crippen LogP contribution in [0, 0.1) is 0 Å². The number of rotatable bonds is 3. The molecular weight excluding hydrogens is 385 g/mol. The van der Waals surface area contributed by atoms with Gasteiger partial charge in [0.25, 0.3) is 0 Å². The van der Waals surface area contributed by atoms with Crippen molar-refractivity contribution in [3.63, 3.8) is 0 Å². The summed E-state index contributed by atoms with van der Waals surface area (Å²) in [6, 6.07) is 3.42. The van der Waals surface area contributed by atoms with Gasteiger partial charge in [0.05, 0.1) is 11.6 Å². The molecule has 0 amide bonds. The first-order valence-electron chi connectivity index (χ1n) is 9.42. The monoisotopic (exact) mass is 405 g/mol. The van der Waals surface area contributed by atoms with E-state index in [1.165, 1.54) is 0 Å². The maximum Gasteiger partial charge on any atom is 0.161 e. The van der Waals surface area contributed by atoms with Gasteiger partial charge in [0.1, 0.15) is 5.75 Å². The number of carbonyl (C=O) groups excluding carboxylic acids is 2. The highest BCUT2D eigenvalue weighted by Gasteiger charge is 2.41. The minimum absolute atomic E-state index is 0.0808. The number of halogens is 2. The molecule has 1 heterocycles. The number of allylic oxidation sites excluding steroid dienone is 4. The first kappa shape index (κ1) is 18.6. The van der Waals surface area contributed by atoms with Gasteiger partial charge in [-0.25, -0.2) is 0 Å². The van der Waals surface area contributed by atoms with Crippen LogP contribution in [-0.4, -0.2) is 18.2 Å². The Morgan fingerprint density at radius 3 is 2.15 bits per heavy atom. The van der Waals surface area contributed by atoms with Crippen LogP contribution < -0.4 is 10.1 Å². The van der Waals surface area contributed by atoms with Crippen LogP contribution in [0.2, 0.25) is 10.0 Å². The number of nitrogens with one attached hydrogen (secondary N) is 1. The van der Waals surface area contributed by atoms with Gasteiger partial charge in [-0.2, -0.15) is 0 Å². The van der Waals surface area contributed by atoms with E-state index in [4.69, 9.17) is 27.9 Å². The van der Waals surface area contributed by atoms with Gasteiger partial charge >= 0.3 is 0 Å². The normalized spacial score (nSPS) is 20.4. The van der Waals surface area contributed by atoms with Gasteiger partial charge in [0, 0.05) is 51.9 Å². The van der Waals surface area contributed by atoms with Crippen LogP contribution in [0.15, 0.2) is 34.7 Å². The summed E-state index contributed by atoms with van der Waals surface area (Å²) in [6.45, 7) is 2.31. The summed E-state index contributed by atoms with van der Waals surface area (Å²) in [4.78, 5) is 25.8. The molecule has 1 N–H and O–H groups in total. The third-order valence-electron chi connectivity index (χ3n) is 5.43. The molecule has 2 aliphatic carbocycles. The van der Waals surface area contributed by atoms with Crippen molar-refractivity contribution in [2.24, 2.45) is 0 Å². The van der Waals surface area contributed by atoms with Gasteiger partial charge in [-0.05, 0) is 44.7 Å². The second-order valence-electron chi connectivity index (χ2n) is 7.13. The number of dihydropyridines is 1. The number of ketones is 2. The molecule has 27 heavy (non-hydrogen) atoms. The first-order valence-corrected chi connectivity index (χ1v) is 10.2. The Labute approximate surface area is 168 Å². The molecule has 0 saturated carbocycles. The van der Waals surface area contributed by atoms with Crippen LogP contribution in [0.4, 0.5) is 0 Å². The minimum atomic E-state index is -0.463. The Morgan fingerprint density at radius 1 is 1.00 bits per heavy atom. The lowest BCUT2D eigenvalue weighted by Crippen LogP contribution is -2.36. The van der Waals surface area contributed by atoms with Crippen molar-refractivity contribution in [3.8, 4) is 5.75 Å². The molecule has 4 nitrogen and oxygen atoms in total. The van der Waals surface area contributed by atoms with E-state index in [1.807, 2.05) is 6.92 Å². The van der Waals surface area contributed by atoms with E-state index in [1.54, 1.807) is 12.1 Å². The number of ether oxygens (including phenoxy) is 1. The maximum absolute atomic E-state index is 12.9. The molecule has 3 aliphatic rings. The second-order valence-corrected chi connectivity index (χ2v) is 7.98. The van der Waals surface area contributed by atoms with E-state index in [-0.39, 0.29) is 11.6 Å². The van der Waals surface area contributed by atoms with Crippen molar-refractivity contribution in [3.05, 3.63) is 50.3 Å². The molecule has 0 fully saturated rings. The van der Waals surface area contributed by atoms with Crippen molar-refractivity contribution < 1.29 is 14.3 Å². The summed E-state index contributed by atoms with van der Waals surface area (Å²) < 4.78 is 5.83. The zero-order valence-electron chi connectivity index (χ0n) is 15.2. The van der Waals surface area contributed by atoms with Crippen LogP contribution in [0.25, 0.3) is 0 Å². The van der Waals surface area contributed by atoms with Crippen molar-refractivity contribution in [2.75, 3.05) is 6.61 Å². The van der Waals surface area contributed by atoms with Gasteiger partial charge < -0.3 is 10.1 Å². The maximum atomic E-state index is 12.9. The summed E-state index contributed by atoms with van der Waals surface area (Å²) in [7, 11) is 0. The predicted molar refractivity (Wildman–Crippen MR) is 105 cm³/mol. The number of hydrogen-bond donors (Lipinski definition) is 1. The van der Waals surface area contributed by atoms with E-state index in [2.05, 4.69) is 5.32 Å². The van der Waals surface area contributed by atoms with Crippen molar-refractivity contribution in [2.45, 2.75) is 51.4 Å². The number of hydrogen-bond acceptors (Lipinski definition) is 4. The summed E-state index contributed by atoms with van der Waals surface area (Å²) in [5.41, 5.74) is 3.93. The average molecular weight is 406 g/mol. The molecule has 4 rings (SSSR count). The second kappa shape index (κ2) is 7.33. The summed E-state index contributed by atoms with van der Waals surface area (Å²) in [6.07, 6.45) is 4.24. The molecule has 142 valence electrons. The lowest BCUT2D eigenvalue weighted by atomic mass is 9.71. The Bertz CT molecular complexity index is 859. The molecule has 0 atom stereocenters. The molecular formula is C21H21Cl2NO3. The van der Waals surface area contributed by atoms with Crippen molar-refractivity contribution in [1.29, 1.82) is 0 Å². The zero-order valence-corrected chi connectivity index (χ0v) is 16.7. The topological polar surface area (TPSA) is 55.4 Å². The number of Topliss-reactive ketones (excluding diaryl/α,β-unsaturated/α-hetero) is 2.